The highest BCUT2D eigenvalue weighted by Gasteiger charge is 2.54. The van der Waals surface area contributed by atoms with Crippen LogP contribution in [0.15, 0.2) is 18.2 Å². The summed E-state index contributed by atoms with van der Waals surface area (Å²) in [4.78, 5) is 55.0. The Balaban J connectivity index is 1.73. The zero-order valence-electron chi connectivity index (χ0n) is 21.5. The van der Waals surface area contributed by atoms with Crippen LogP contribution in [0.25, 0.3) is 0 Å². The van der Waals surface area contributed by atoms with Gasteiger partial charge in [-0.2, -0.15) is 0 Å². The molecule has 2 aliphatic rings. The number of ether oxygens (including phenoxy) is 1. The number of rotatable bonds is 9. The van der Waals surface area contributed by atoms with E-state index >= 15 is 0 Å². The fourth-order valence-electron chi connectivity index (χ4n) is 4.74. The van der Waals surface area contributed by atoms with Gasteiger partial charge in [-0.05, 0) is 45.4 Å². The van der Waals surface area contributed by atoms with Gasteiger partial charge < -0.3 is 34.4 Å². The Morgan fingerprint density at radius 3 is 2.31 bits per heavy atom. The standard InChI is InChI=1S/C25H37N5O5/c1-24(2,3)35-23(34)29-15-25(16-29)13-28(14-25)18-9-10-19(21(12-18)27(5)6)30(17-32)20(8-7-11-31)22(33)26-4/h9-12,17,20H,7-8,13-16H2,1-6H3,(H,26,33). The molecule has 1 aromatic carbocycles. The summed E-state index contributed by atoms with van der Waals surface area (Å²) in [6.45, 7) is 8.61. The Hall–Kier alpha value is -3.30. The maximum Gasteiger partial charge on any atom is 0.410 e. The van der Waals surface area contributed by atoms with Crippen LogP contribution in [0.2, 0.25) is 0 Å². The van der Waals surface area contributed by atoms with E-state index in [1.807, 2.05) is 58.0 Å². The van der Waals surface area contributed by atoms with Crippen molar-refractivity contribution in [3.63, 3.8) is 0 Å². The summed E-state index contributed by atoms with van der Waals surface area (Å²) in [5, 5.41) is 2.59. The zero-order valence-corrected chi connectivity index (χ0v) is 21.5. The van der Waals surface area contributed by atoms with E-state index < -0.39 is 11.6 Å². The minimum atomic E-state index is -0.784. The van der Waals surface area contributed by atoms with Gasteiger partial charge in [-0.1, -0.05) is 0 Å². The van der Waals surface area contributed by atoms with Crippen molar-refractivity contribution in [3.05, 3.63) is 18.2 Å². The quantitative estimate of drug-likeness (QED) is 0.531. The molecule has 1 spiro atoms. The summed E-state index contributed by atoms with van der Waals surface area (Å²) >= 11 is 0. The van der Waals surface area contributed by atoms with Crippen molar-refractivity contribution in [2.24, 2.45) is 5.41 Å². The van der Waals surface area contributed by atoms with Crippen LogP contribution in [0.3, 0.4) is 0 Å². The number of carbonyl (C=O) groups excluding carboxylic acids is 4. The minimum Gasteiger partial charge on any atom is -0.444 e. The van der Waals surface area contributed by atoms with Crippen molar-refractivity contribution in [1.29, 1.82) is 0 Å². The van der Waals surface area contributed by atoms with Gasteiger partial charge in [0, 0.05) is 64.8 Å². The minimum absolute atomic E-state index is 0.0851. The van der Waals surface area contributed by atoms with E-state index in [9.17, 15) is 19.2 Å². The van der Waals surface area contributed by atoms with Crippen molar-refractivity contribution in [2.45, 2.75) is 45.3 Å². The molecule has 3 rings (SSSR count). The molecule has 10 nitrogen and oxygen atoms in total. The molecule has 0 aromatic heterocycles. The highest BCUT2D eigenvalue weighted by atomic mass is 16.6. The summed E-state index contributed by atoms with van der Waals surface area (Å²) in [6, 6.07) is 5.00. The molecule has 35 heavy (non-hydrogen) atoms. The molecular weight excluding hydrogens is 450 g/mol. The molecule has 1 atom stereocenters. The first kappa shape index (κ1) is 26.3. The van der Waals surface area contributed by atoms with Gasteiger partial charge in [0.05, 0.1) is 11.4 Å². The van der Waals surface area contributed by atoms with Crippen LogP contribution in [0.1, 0.15) is 33.6 Å². The number of nitrogens with one attached hydrogen (secondary N) is 1. The second-order valence-electron chi connectivity index (χ2n) is 10.6. The third-order valence-electron chi connectivity index (χ3n) is 6.40. The van der Waals surface area contributed by atoms with E-state index in [-0.39, 0.29) is 30.3 Å². The Bertz CT molecular complexity index is 959. The molecule has 2 saturated heterocycles. The number of hydrogen-bond donors (Lipinski definition) is 1. The molecule has 1 aromatic rings. The molecule has 1 N–H and O–H groups in total. The summed E-state index contributed by atoms with van der Waals surface area (Å²) in [6.07, 6.45) is 1.53. The van der Waals surface area contributed by atoms with Gasteiger partial charge in [-0.3, -0.25) is 9.59 Å². The SMILES string of the molecule is CNC(=O)C(CCC=O)N(C=O)c1ccc(N2CC3(CN(C(=O)OC(C)(C)C)C3)C2)cc1N(C)C. The highest BCUT2D eigenvalue weighted by Crippen LogP contribution is 2.44. The molecule has 10 heteroatoms. The lowest BCUT2D eigenvalue weighted by Crippen LogP contribution is -2.73. The van der Waals surface area contributed by atoms with Gasteiger partial charge in [0.25, 0.3) is 0 Å². The predicted molar refractivity (Wildman–Crippen MR) is 135 cm³/mol. The van der Waals surface area contributed by atoms with Gasteiger partial charge in [-0.15, -0.1) is 0 Å². The first-order chi connectivity index (χ1) is 16.4. The molecule has 0 aliphatic carbocycles. The number of nitrogens with zero attached hydrogens (tertiary/aromatic N) is 4. The van der Waals surface area contributed by atoms with Gasteiger partial charge in [0.15, 0.2) is 0 Å². The molecular formula is C25H37N5O5. The van der Waals surface area contributed by atoms with Gasteiger partial charge >= 0.3 is 6.09 Å². The van der Waals surface area contributed by atoms with Gasteiger partial charge in [-0.25, -0.2) is 4.79 Å². The van der Waals surface area contributed by atoms with Crippen LogP contribution < -0.4 is 20.0 Å². The van der Waals surface area contributed by atoms with Crippen LogP contribution in [0.4, 0.5) is 21.9 Å². The second-order valence-corrected chi connectivity index (χ2v) is 10.6. The van der Waals surface area contributed by atoms with Crippen LogP contribution in [0, 0.1) is 5.41 Å². The monoisotopic (exact) mass is 487 g/mol. The number of hydrogen-bond acceptors (Lipinski definition) is 7. The molecule has 2 aliphatic heterocycles. The molecule has 0 saturated carbocycles. The number of likely N-dealkylation sites (tertiary alicyclic amines) is 1. The molecule has 192 valence electrons. The number of benzene rings is 1. The van der Waals surface area contributed by atoms with Crippen LogP contribution in [-0.4, -0.2) is 88.6 Å². The largest absolute Gasteiger partial charge is 0.444 e. The lowest BCUT2D eigenvalue weighted by molar-refractivity contribution is -0.123. The zero-order chi connectivity index (χ0) is 26.0. The number of carbonyl (C=O) groups is 4. The number of anilines is 3. The van der Waals surface area contributed by atoms with E-state index in [2.05, 4.69) is 10.2 Å². The predicted octanol–water partition coefficient (Wildman–Crippen LogP) is 1.87. The number of likely N-dealkylation sites (N-methyl/N-ethyl adjacent to an activating group) is 1. The molecule has 0 radical (unpaired) electrons. The first-order valence-corrected chi connectivity index (χ1v) is 11.9. The van der Waals surface area contributed by atoms with E-state index in [1.165, 1.54) is 11.9 Å². The normalized spacial score (nSPS) is 17.1. The lowest BCUT2D eigenvalue weighted by Gasteiger charge is -2.60. The van der Waals surface area contributed by atoms with Gasteiger partial charge in [0.2, 0.25) is 12.3 Å². The molecule has 2 fully saturated rings. The Labute approximate surface area is 207 Å². The maximum atomic E-state index is 12.5. The molecule has 1 unspecified atom stereocenters. The molecule has 0 bridgehead atoms. The van der Waals surface area contributed by atoms with Crippen LogP contribution in [-0.2, 0) is 19.1 Å². The first-order valence-electron chi connectivity index (χ1n) is 11.9. The summed E-state index contributed by atoms with van der Waals surface area (Å²) in [5.41, 5.74) is 1.98. The van der Waals surface area contributed by atoms with Crippen molar-refractivity contribution in [1.82, 2.24) is 10.2 Å². The van der Waals surface area contributed by atoms with Crippen molar-refractivity contribution in [2.75, 3.05) is 62.0 Å². The van der Waals surface area contributed by atoms with Crippen LogP contribution in [0.5, 0.6) is 0 Å². The third-order valence-corrected chi connectivity index (χ3v) is 6.40. The smallest absolute Gasteiger partial charge is 0.410 e. The Morgan fingerprint density at radius 2 is 1.80 bits per heavy atom. The van der Waals surface area contributed by atoms with E-state index in [4.69, 9.17) is 4.74 Å². The van der Waals surface area contributed by atoms with Gasteiger partial charge in [0.1, 0.15) is 17.9 Å². The molecule has 2 heterocycles. The van der Waals surface area contributed by atoms with Crippen LogP contribution >= 0.6 is 0 Å². The third kappa shape index (κ3) is 5.68. The highest BCUT2D eigenvalue weighted by molar-refractivity contribution is 5.95. The number of amides is 3. The average Bonchev–Trinajstić information content (AvgIpc) is 2.73. The summed E-state index contributed by atoms with van der Waals surface area (Å²) in [7, 11) is 5.28. The van der Waals surface area contributed by atoms with Crippen molar-refractivity contribution >= 4 is 41.8 Å². The van der Waals surface area contributed by atoms with E-state index in [0.717, 1.165) is 30.8 Å². The van der Waals surface area contributed by atoms with E-state index in [0.29, 0.717) is 25.2 Å². The summed E-state index contributed by atoms with van der Waals surface area (Å²) < 4.78 is 5.46. The Morgan fingerprint density at radius 1 is 1.14 bits per heavy atom. The van der Waals surface area contributed by atoms with Crippen molar-refractivity contribution in [3.8, 4) is 0 Å². The fourth-order valence-corrected chi connectivity index (χ4v) is 4.74. The second kappa shape index (κ2) is 10.1. The number of aldehydes is 1. The topological polar surface area (TPSA) is 102 Å². The average molecular weight is 488 g/mol. The molecule has 3 amide bonds. The Kier molecular flexibility index (Phi) is 7.62. The lowest BCUT2D eigenvalue weighted by atomic mass is 9.73. The maximum absolute atomic E-state index is 12.5. The summed E-state index contributed by atoms with van der Waals surface area (Å²) in [5.74, 6) is -0.322. The van der Waals surface area contributed by atoms with Crippen molar-refractivity contribution < 1.29 is 23.9 Å². The fraction of sp³-hybridized carbons (Fsp3) is 0.600. The van der Waals surface area contributed by atoms with E-state index in [1.54, 1.807) is 4.90 Å².